The second-order valence-corrected chi connectivity index (χ2v) is 7.22. The van der Waals surface area contributed by atoms with E-state index in [1.807, 2.05) is 31.3 Å². The Hall–Kier alpha value is -2.87. The number of nitrogens with one attached hydrogen (secondary N) is 2. The second kappa shape index (κ2) is 12.0. The number of hydrogen-bond acceptors (Lipinski definition) is 6. The molecule has 0 atom stereocenters. The van der Waals surface area contributed by atoms with E-state index in [1.165, 1.54) is 5.56 Å². The van der Waals surface area contributed by atoms with E-state index in [1.54, 1.807) is 19.5 Å². The highest BCUT2D eigenvalue weighted by Gasteiger charge is 2.18. The fourth-order valence-electron chi connectivity index (χ4n) is 3.58. The van der Waals surface area contributed by atoms with Crippen LogP contribution in [0.1, 0.15) is 12.0 Å². The molecule has 1 aromatic carbocycles. The van der Waals surface area contributed by atoms with Crippen LogP contribution in [0, 0.1) is 0 Å². The van der Waals surface area contributed by atoms with Crippen molar-refractivity contribution in [3.63, 3.8) is 0 Å². The summed E-state index contributed by atoms with van der Waals surface area (Å²) < 4.78 is 5.41. The minimum absolute atomic E-state index is 0.809. The van der Waals surface area contributed by atoms with Crippen molar-refractivity contribution in [1.82, 2.24) is 25.5 Å². The van der Waals surface area contributed by atoms with Gasteiger partial charge in [0.15, 0.2) is 5.96 Å². The summed E-state index contributed by atoms with van der Waals surface area (Å²) in [5, 5.41) is 6.79. The molecule has 162 valence electrons. The Labute approximate surface area is 179 Å². The lowest BCUT2D eigenvalue weighted by Crippen LogP contribution is -2.47. The fourth-order valence-corrected chi connectivity index (χ4v) is 3.58. The molecule has 0 aliphatic carbocycles. The first kappa shape index (κ1) is 21.8. The van der Waals surface area contributed by atoms with Crippen molar-refractivity contribution in [1.29, 1.82) is 0 Å². The van der Waals surface area contributed by atoms with E-state index in [9.17, 15) is 0 Å². The number of piperazine rings is 1. The van der Waals surface area contributed by atoms with Crippen LogP contribution in [0.4, 0.5) is 5.95 Å². The van der Waals surface area contributed by atoms with Gasteiger partial charge in [0.2, 0.25) is 5.95 Å². The molecule has 2 N–H and O–H groups in total. The zero-order chi connectivity index (χ0) is 21.0. The largest absolute Gasteiger partial charge is 0.496 e. The Bertz CT molecular complexity index is 776. The van der Waals surface area contributed by atoms with E-state index >= 15 is 0 Å². The summed E-state index contributed by atoms with van der Waals surface area (Å²) >= 11 is 0. The second-order valence-electron chi connectivity index (χ2n) is 7.22. The highest BCUT2D eigenvalue weighted by atomic mass is 16.5. The van der Waals surface area contributed by atoms with Crippen LogP contribution >= 0.6 is 0 Å². The van der Waals surface area contributed by atoms with Crippen LogP contribution in [0.2, 0.25) is 0 Å². The van der Waals surface area contributed by atoms with E-state index < -0.39 is 0 Å². The van der Waals surface area contributed by atoms with Gasteiger partial charge in [0.25, 0.3) is 0 Å². The van der Waals surface area contributed by atoms with Crippen LogP contribution < -0.4 is 20.3 Å². The van der Waals surface area contributed by atoms with Crippen LogP contribution in [0.5, 0.6) is 5.75 Å². The maximum atomic E-state index is 5.41. The summed E-state index contributed by atoms with van der Waals surface area (Å²) in [6.45, 7) is 6.83. The van der Waals surface area contributed by atoms with Gasteiger partial charge in [0, 0.05) is 58.7 Å². The van der Waals surface area contributed by atoms with Crippen molar-refractivity contribution in [2.75, 3.05) is 64.9 Å². The van der Waals surface area contributed by atoms with Crippen molar-refractivity contribution in [3.05, 3.63) is 48.3 Å². The summed E-state index contributed by atoms with van der Waals surface area (Å²) in [5.74, 6) is 2.61. The minimum atomic E-state index is 0.809. The van der Waals surface area contributed by atoms with Gasteiger partial charge < -0.3 is 20.3 Å². The average Bonchev–Trinajstić information content (AvgIpc) is 2.82. The lowest BCUT2D eigenvalue weighted by atomic mass is 10.1. The minimum Gasteiger partial charge on any atom is -0.496 e. The van der Waals surface area contributed by atoms with Gasteiger partial charge in [-0.1, -0.05) is 18.2 Å². The number of rotatable bonds is 9. The van der Waals surface area contributed by atoms with E-state index in [4.69, 9.17) is 4.74 Å². The SMILES string of the molecule is CN=C(NCCCN1CCN(c2ncccn2)CC1)NCCc1ccccc1OC. The highest BCUT2D eigenvalue weighted by molar-refractivity contribution is 5.79. The Morgan fingerprint density at radius 3 is 2.50 bits per heavy atom. The lowest BCUT2D eigenvalue weighted by Gasteiger charge is -2.34. The molecule has 3 rings (SSSR count). The van der Waals surface area contributed by atoms with E-state index in [-0.39, 0.29) is 0 Å². The number of aromatic nitrogens is 2. The van der Waals surface area contributed by atoms with Crippen LogP contribution in [0.3, 0.4) is 0 Å². The van der Waals surface area contributed by atoms with E-state index in [0.717, 1.165) is 76.3 Å². The first-order valence-corrected chi connectivity index (χ1v) is 10.6. The lowest BCUT2D eigenvalue weighted by molar-refractivity contribution is 0.254. The molecule has 1 saturated heterocycles. The van der Waals surface area contributed by atoms with Crippen molar-refractivity contribution in [3.8, 4) is 5.75 Å². The van der Waals surface area contributed by atoms with Gasteiger partial charge in [-0.2, -0.15) is 0 Å². The number of benzene rings is 1. The number of nitrogens with zero attached hydrogens (tertiary/aromatic N) is 5. The van der Waals surface area contributed by atoms with Crippen LogP contribution in [0.15, 0.2) is 47.7 Å². The zero-order valence-electron chi connectivity index (χ0n) is 18.0. The Morgan fingerprint density at radius 2 is 1.77 bits per heavy atom. The van der Waals surface area contributed by atoms with Gasteiger partial charge in [-0.25, -0.2) is 9.97 Å². The number of ether oxygens (including phenoxy) is 1. The molecule has 30 heavy (non-hydrogen) atoms. The molecule has 1 aliphatic rings. The number of aliphatic imine (C=N–C) groups is 1. The number of guanidine groups is 1. The van der Waals surface area contributed by atoms with Crippen molar-refractivity contribution < 1.29 is 4.74 Å². The molecule has 0 unspecified atom stereocenters. The van der Waals surface area contributed by atoms with E-state index in [2.05, 4.69) is 41.5 Å². The Balaban J connectivity index is 1.29. The molecule has 0 saturated carbocycles. The highest BCUT2D eigenvalue weighted by Crippen LogP contribution is 2.17. The van der Waals surface area contributed by atoms with Gasteiger partial charge >= 0.3 is 0 Å². The smallest absolute Gasteiger partial charge is 0.225 e. The van der Waals surface area contributed by atoms with Crippen LogP contribution in [0.25, 0.3) is 0 Å². The third-order valence-corrected chi connectivity index (χ3v) is 5.25. The Morgan fingerprint density at radius 1 is 1.03 bits per heavy atom. The molecule has 0 radical (unpaired) electrons. The topological polar surface area (TPSA) is 77.9 Å². The summed E-state index contributed by atoms with van der Waals surface area (Å²) in [7, 11) is 3.52. The summed E-state index contributed by atoms with van der Waals surface area (Å²) in [6.07, 6.45) is 5.57. The molecule has 1 aromatic heterocycles. The summed E-state index contributed by atoms with van der Waals surface area (Å²) in [6, 6.07) is 9.98. The number of hydrogen-bond donors (Lipinski definition) is 2. The maximum Gasteiger partial charge on any atom is 0.225 e. The summed E-state index contributed by atoms with van der Waals surface area (Å²) in [4.78, 5) is 17.8. The monoisotopic (exact) mass is 411 g/mol. The zero-order valence-corrected chi connectivity index (χ0v) is 18.0. The molecular weight excluding hydrogens is 378 g/mol. The predicted octanol–water partition coefficient (Wildman–Crippen LogP) is 1.41. The Kier molecular flexibility index (Phi) is 8.71. The molecule has 0 spiro atoms. The number of para-hydroxylation sites is 1. The van der Waals surface area contributed by atoms with Crippen LogP contribution in [-0.4, -0.2) is 80.8 Å². The molecule has 2 heterocycles. The summed E-state index contributed by atoms with van der Waals surface area (Å²) in [5.41, 5.74) is 1.20. The molecule has 1 aliphatic heterocycles. The van der Waals surface area contributed by atoms with Gasteiger partial charge in [0.05, 0.1) is 7.11 Å². The first-order chi connectivity index (χ1) is 14.8. The van der Waals surface area contributed by atoms with Crippen LogP contribution in [-0.2, 0) is 6.42 Å². The van der Waals surface area contributed by atoms with Gasteiger partial charge in [-0.3, -0.25) is 9.89 Å². The van der Waals surface area contributed by atoms with Crippen molar-refractivity contribution >= 4 is 11.9 Å². The predicted molar refractivity (Wildman–Crippen MR) is 121 cm³/mol. The third-order valence-electron chi connectivity index (χ3n) is 5.25. The van der Waals surface area contributed by atoms with Crippen molar-refractivity contribution in [2.45, 2.75) is 12.8 Å². The standard InChI is InChI=1S/C22H33N7O/c1-23-21(25-13-9-19-7-3-4-8-20(19)30-2)24-12-6-14-28-15-17-29(18-16-28)22-26-10-5-11-27-22/h3-5,7-8,10-11H,6,9,12-18H2,1-2H3,(H2,23,24,25). The van der Waals surface area contributed by atoms with Gasteiger partial charge in [-0.05, 0) is 37.1 Å². The normalized spacial score (nSPS) is 15.1. The first-order valence-electron chi connectivity index (χ1n) is 10.6. The molecule has 1 fully saturated rings. The molecule has 2 aromatic rings. The van der Waals surface area contributed by atoms with E-state index in [0.29, 0.717) is 0 Å². The number of anilines is 1. The molecule has 0 bridgehead atoms. The fraction of sp³-hybridized carbons (Fsp3) is 0.500. The van der Waals surface area contributed by atoms with Gasteiger partial charge in [-0.15, -0.1) is 0 Å². The maximum absolute atomic E-state index is 5.41. The molecular formula is C22H33N7O. The molecule has 0 amide bonds. The van der Waals surface area contributed by atoms with Gasteiger partial charge in [0.1, 0.15) is 5.75 Å². The third kappa shape index (κ3) is 6.59. The molecule has 8 heteroatoms. The molecule has 8 nitrogen and oxygen atoms in total. The number of methoxy groups -OCH3 is 1. The quantitative estimate of drug-likeness (QED) is 0.367. The average molecular weight is 412 g/mol. The van der Waals surface area contributed by atoms with Crippen molar-refractivity contribution in [2.24, 2.45) is 4.99 Å².